The lowest BCUT2D eigenvalue weighted by Gasteiger charge is -2.14. The summed E-state index contributed by atoms with van der Waals surface area (Å²) in [5.41, 5.74) is 2.72. The Hall–Kier alpha value is -3.15. The predicted octanol–water partition coefficient (Wildman–Crippen LogP) is 5.26. The number of hydrogen-bond donors (Lipinski definition) is 2. The summed E-state index contributed by atoms with van der Waals surface area (Å²) in [6.45, 7) is 7.99. The number of nitrogens with one attached hydrogen (secondary N) is 2. The molecule has 0 fully saturated rings. The molecule has 6 heteroatoms. The highest BCUT2D eigenvalue weighted by Crippen LogP contribution is 2.26. The highest BCUT2D eigenvalue weighted by atomic mass is 19.1. The molecular formula is C21H23FN4O. The molecule has 1 heterocycles. The Morgan fingerprint density at radius 1 is 1.04 bits per heavy atom. The van der Waals surface area contributed by atoms with Gasteiger partial charge in [0, 0.05) is 17.2 Å². The molecule has 0 aliphatic rings. The molecular weight excluding hydrogens is 343 g/mol. The van der Waals surface area contributed by atoms with E-state index in [0.29, 0.717) is 11.5 Å². The number of hydrogen-bond acceptors (Lipinski definition) is 2. The topological polar surface area (TPSA) is 59.0 Å². The number of urea groups is 1. The Labute approximate surface area is 158 Å². The van der Waals surface area contributed by atoms with Gasteiger partial charge in [-0.05, 0) is 36.8 Å². The summed E-state index contributed by atoms with van der Waals surface area (Å²) < 4.78 is 15.2. The summed E-state index contributed by atoms with van der Waals surface area (Å²) in [6.07, 6.45) is 0. The van der Waals surface area contributed by atoms with Crippen molar-refractivity contribution < 1.29 is 9.18 Å². The maximum absolute atomic E-state index is 13.5. The van der Waals surface area contributed by atoms with Gasteiger partial charge in [0.05, 0.1) is 11.4 Å². The van der Waals surface area contributed by atoms with Gasteiger partial charge >= 0.3 is 6.03 Å². The van der Waals surface area contributed by atoms with Crippen LogP contribution in [-0.4, -0.2) is 15.8 Å². The van der Waals surface area contributed by atoms with Gasteiger partial charge in [-0.15, -0.1) is 0 Å². The van der Waals surface area contributed by atoms with Crippen LogP contribution in [0.1, 0.15) is 32.0 Å². The SMILES string of the molecule is Cc1ccc(F)cc1NC(=O)Nc1cc(C(C)(C)C)nn1-c1ccccc1. The largest absolute Gasteiger partial charge is 0.324 e. The zero-order valence-electron chi connectivity index (χ0n) is 15.9. The van der Waals surface area contributed by atoms with Gasteiger partial charge in [-0.25, -0.2) is 13.9 Å². The molecule has 0 atom stereocenters. The quantitative estimate of drug-likeness (QED) is 0.664. The first-order valence-electron chi connectivity index (χ1n) is 8.74. The highest BCUT2D eigenvalue weighted by Gasteiger charge is 2.21. The minimum absolute atomic E-state index is 0.175. The van der Waals surface area contributed by atoms with Crippen LogP contribution in [-0.2, 0) is 5.41 Å². The summed E-state index contributed by atoms with van der Waals surface area (Å²) >= 11 is 0. The fourth-order valence-corrected chi connectivity index (χ4v) is 2.60. The zero-order chi connectivity index (χ0) is 19.6. The number of nitrogens with zero attached hydrogens (tertiary/aromatic N) is 2. The lowest BCUT2D eigenvalue weighted by molar-refractivity contribution is 0.262. The third kappa shape index (κ3) is 4.34. The number of carbonyl (C=O) groups is 1. The first-order valence-corrected chi connectivity index (χ1v) is 8.74. The summed E-state index contributed by atoms with van der Waals surface area (Å²) in [5.74, 6) is 0.137. The van der Waals surface area contributed by atoms with Crippen molar-refractivity contribution in [3.63, 3.8) is 0 Å². The van der Waals surface area contributed by atoms with E-state index >= 15 is 0 Å². The van der Waals surface area contributed by atoms with Crippen molar-refractivity contribution in [2.75, 3.05) is 10.6 Å². The van der Waals surface area contributed by atoms with Crippen LogP contribution < -0.4 is 10.6 Å². The second-order valence-corrected chi connectivity index (χ2v) is 7.45. The second-order valence-electron chi connectivity index (χ2n) is 7.45. The van der Waals surface area contributed by atoms with Crippen molar-refractivity contribution in [1.29, 1.82) is 0 Å². The number of aromatic nitrogens is 2. The molecule has 0 aliphatic heterocycles. The molecule has 0 bridgehead atoms. The molecule has 0 unspecified atom stereocenters. The monoisotopic (exact) mass is 366 g/mol. The Morgan fingerprint density at radius 3 is 2.41 bits per heavy atom. The van der Waals surface area contributed by atoms with Gasteiger partial charge in [0.15, 0.2) is 0 Å². The third-order valence-electron chi connectivity index (χ3n) is 4.17. The van der Waals surface area contributed by atoms with E-state index in [2.05, 4.69) is 36.5 Å². The van der Waals surface area contributed by atoms with Gasteiger partial charge in [-0.2, -0.15) is 5.10 Å². The Balaban J connectivity index is 1.90. The maximum Gasteiger partial charge on any atom is 0.324 e. The van der Waals surface area contributed by atoms with Crippen LogP contribution in [0.2, 0.25) is 0 Å². The van der Waals surface area contributed by atoms with Crippen molar-refractivity contribution in [3.05, 3.63) is 71.7 Å². The molecule has 140 valence electrons. The van der Waals surface area contributed by atoms with Crippen LogP contribution in [0.4, 0.5) is 20.7 Å². The van der Waals surface area contributed by atoms with Gasteiger partial charge in [-0.3, -0.25) is 5.32 Å². The fraction of sp³-hybridized carbons (Fsp3) is 0.238. The number of carbonyl (C=O) groups excluding carboxylic acids is 1. The predicted molar refractivity (Wildman–Crippen MR) is 106 cm³/mol. The van der Waals surface area contributed by atoms with E-state index in [1.165, 1.54) is 12.1 Å². The lowest BCUT2D eigenvalue weighted by atomic mass is 9.92. The molecule has 0 spiro atoms. The Bertz CT molecular complexity index is 958. The standard InChI is InChI=1S/C21H23FN4O/c1-14-10-11-15(22)12-17(14)23-20(27)24-19-13-18(21(2,3)4)25-26(19)16-8-6-5-7-9-16/h5-13H,1-4H3,(H2,23,24,27). The van der Waals surface area contributed by atoms with Crippen LogP contribution in [0.15, 0.2) is 54.6 Å². The van der Waals surface area contributed by atoms with Gasteiger partial charge in [-0.1, -0.05) is 45.0 Å². The first kappa shape index (κ1) is 18.6. The van der Waals surface area contributed by atoms with Crippen molar-refractivity contribution in [2.45, 2.75) is 33.1 Å². The Morgan fingerprint density at radius 2 is 1.74 bits per heavy atom. The molecule has 2 amide bonds. The van der Waals surface area contributed by atoms with Crippen LogP contribution in [0.5, 0.6) is 0 Å². The van der Waals surface area contributed by atoms with Crippen LogP contribution >= 0.6 is 0 Å². The number of aryl methyl sites for hydroxylation is 1. The van der Waals surface area contributed by atoms with E-state index < -0.39 is 11.8 Å². The van der Waals surface area contributed by atoms with E-state index in [4.69, 9.17) is 0 Å². The van der Waals surface area contributed by atoms with Crippen molar-refractivity contribution in [1.82, 2.24) is 9.78 Å². The molecule has 3 rings (SSSR count). The molecule has 0 saturated carbocycles. The smallest absolute Gasteiger partial charge is 0.307 e. The van der Waals surface area contributed by atoms with Crippen LogP contribution in [0.3, 0.4) is 0 Å². The second kappa shape index (κ2) is 7.23. The maximum atomic E-state index is 13.5. The summed E-state index contributed by atoms with van der Waals surface area (Å²) in [5, 5.41) is 10.2. The van der Waals surface area contributed by atoms with Crippen LogP contribution in [0, 0.1) is 12.7 Å². The fourth-order valence-electron chi connectivity index (χ4n) is 2.60. The van der Waals surface area contributed by atoms with Gasteiger partial charge in [0.1, 0.15) is 11.6 Å². The van der Waals surface area contributed by atoms with E-state index in [0.717, 1.165) is 16.9 Å². The summed E-state index contributed by atoms with van der Waals surface area (Å²) in [7, 11) is 0. The summed E-state index contributed by atoms with van der Waals surface area (Å²) in [4.78, 5) is 12.5. The highest BCUT2D eigenvalue weighted by molar-refractivity contribution is 5.99. The lowest BCUT2D eigenvalue weighted by Crippen LogP contribution is -2.21. The van der Waals surface area contributed by atoms with Crippen LogP contribution in [0.25, 0.3) is 5.69 Å². The van der Waals surface area contributed by atoms with Crippen molar-refractivity contribution >= 4 is 17.5 Å². The molecule has 3 aromatic rings. The molecule has 2 N–H and O–H groups in total. The Kier molecular flexibility index (Phi) is 4.99. The van der Waals surface area contributed by atoms with E-state index in [9.17, 15) is 9.18 Å². The van der Waals surface area contributed by atoms with Crippen molar-refractivity contribution in [2.24, 2.45) is 0 Å². The number of halogens is 1. The molecule has 0 saturated heterocycles. The molecule has 1 aromatic heterocycles. The molecule has 27 heavy (non-hydrogen) atoms. The minimum Gasteiger partial charge on any atom is -0.307 e. The average molecular weight is 366 g/mol. The number of para-hydroxylation sites is 1. The number of anilines is 2. The van der Waals surface area contributed by atoms with Gasteiger partial charge in [0.25, 0.3) is 0 Å². The van der Waals surface area contributed by atoms with E-state index in [1.54, 1.807) is 17.7 Å². The average Bonchev–Trinajstić information content (AvgIpc) is 3.03. The van der Waals surface area contributed by atoms with Gasteiger partial charge < -0.3 is 5.32 Å². The number of amides is 2. The summed E-state index contributed by atoms with van der Waals surface area (Å²) in [6, 6.07) is 15.2. The third-order valence-corrected chi connectivity index (χ3v) is 4.17. The first-order chi connectivity index (χ1) is 12.7. The van der Waals surface area contributed by atoms with Gasteiger partial charge in [0.2, 0.25) is 0 Å². The normalized spacial score (nSPS) is 11.3. The zero-order valence-corrected chi connectivity index (χ0v) is 15.9. The number of rotatable bonds is 3. The molecule has 5 nitrogen and oxygen atoms in total. The molecule has 2 aromatic carbocycles. The molecule has 0 radical (unpaired) electrons. The number of benzene rings is 2. The van der Waals surface area contributed by atoms with E-state index in [-0.39, 0.29) is 5.41 Å². The van der Waals surface area contributed by atoms with Crippen molar-refractivity contribution in [3.8, 4) is 5.69 Å². The minimum atomic E-state index is -0.457. The van der Waals surface area contributed by atoms with E-state index in [1.807, 2.05) is 36.4 Å². The molecule has 0 aliphatic carbocycles.